The smallest absolute Gasteiger partial charge is 0.227 e. The van der Waals surface area contributed by atoms with Crippen molar-refractivity contribution in [3.63, 3.8) is 0 Å². The van der Waals surface area contributed by atoms with Gasteiger partial charge in [-0.25, -0.2) is 4.39 Å². The van der Waals surface area contributed by atoms with Gasteiger partial charge in [-0.2, -0.15) is 4.98 Å². The summed E-state index contributed by atoms with van der Waals surface area (Å²) in [6.07, 6.45) is 2.84. The molecule has 1 aliphatic heterocycles. The van der Waals surface area contributed by atoms with Crippen molar-refractivity contribution in [2.45, 2.75) is 38.6 Å². The van der Waals surface area contributed by atoms with Crippen LogP contribution in [-0.2, 0) is 11.2 Å². The molecule has 1 saturated heterocycles. The first-order chi connectivity index (χ1) is 12.1. The molecule has 1 aromatic carbocycles. The van der Waals surface area contributed by atoms with E-state index in [1.807, 2.05) is 11.9 Å². The van der Waals surface area contributed by atoms with Crippen molar-refractivity contribution in [3.8, 4) is 11.4 Å². The van der Waals surface area contributed by atoms with Crippen molar-refractivity contribution in [3.05, 3.63) is 35.5 Å². The largest absolute Gasteiger partial charge is 0.341 e. The Kier molecular flexibility index (Phi) is 5.43. The molecule has 7 heteroatoms. The second-order valence-corrected chi connectivity index (χ2v) is 6.44. The standard InChI is InChI=1S/C18H23FN4O2/c1-12-5-6-13(10-15(12)19)18-21-16(25-22-18)7-8-17(24)23-9-3-4-14(11-23)20-2/h5-6,10,14,20H,3-4,7-9,11H2,1-2H3. The van der Waals surface area contributed by atoms with Gasteiger partial charge in [0, 0.05) is 37.5 Å². The fraction of sp³-hybridized carbons (Fsp3) is 0.500. The molecule has 0 radical (unpaired) electrons. The molecule has 0 aliphatic carbocycles. The topological polar surface area (TPSA) is 71.3 Å². The number of aryl methyl sites for hydroxylation is 2. The molecule has 1 amide bonds. The molecule has 2 aromatic rings. The second-order valence-electron chi connectivity index (χ2n) is 6.44. The number of amides is 1. The predicted octanol–water partition coefficient (Wildman–Crippen LogP) is 2.33. The highest BCUT2D eigenvalue weighted by Crippen LogP contribution is 2.19. The monoisotopic (exact) mass is 346 g/mol. The van der Waals surface area contributed by atoms with Crippen LogP contribution in [0.2, 0.25) is 0 Å². The summed E-state index contributed by atoms with van der Waals surface area (Å²) >= 11 is 0. The summed E-state index contributed by atoms with van der Waals surface area (Å²) in [6, 6.07) is 5.19. The summed E-state index contributed by atoms with van der Waals surface area (Å²) in [4.78, 5) is 18.5. The van der Waals surface area contributed by atoms with E-state index in [4.69, 9.17) is 4.52 Å². The second kappa shape index (κ2) is 7.74. The minimum atomic E-state index is -0.303. The highest BCUT2D eigenvalue weighted by atomic mass is 19.1. The van der Waals surface area contributed by atoms with Crippen LogP contribution >= 0.6 is 0 Å². The van der Waals surface area contributed by atoms with Gasteiger partial charge in [0.2, 0.25) is 17.6 Å². The number of hydrogen-bond acceptors (Lipinski definition) is 5. The normalized spacial score (nSPS) is 17.7. The Morgan fingerprint density at radius 3 is 3.08 bits per heavy atom. The molecule has 1 unspecified atom stereocenters. The van der Waals surface area contributed by atoms with Gasteiger partial charge in [0.1, 0.15) is 5.82 Å². The first-order valence-corrected chi connectivity index (χ1v) is 8.61. The van der Waals surface area contributed by atoms with Crippen molar-refractivity contribution < 1.29 is 13.7 Å². The molecule has 0 saturated carbocycles. The average molecular weight is 346 g/mol. The SMILES string of the molecule is CNC1CCCN(C(=O)CCc2nc(-c3ccc(C)c(F)c3)no2)C1. The molecule has 134 valence electrons. The summed E-state index contributed by atoms with van der Waals surface area (Å²) in [6.45, 7) is 3.24. The van der Waals surface area contributed by atoms with E-state index in [2.05, 4.69) is 15.5 Å². The van der Waals surface area contributed by atoms with E-state index in [1.165, 1.54) is 6.07 Å². The zero-order chi connectivity index (χ0) is 17.8. The van der Waals surface area contributed by atoms with E-state index < -0.39 is 0 Å². The van der Waals surface area contributed by atoms with Crippen molar-refractivity contribution in [1.29, 1.82) is 0 Å². The molecule has 1 fully saturated rings. The van der Waals surface area contributed by atoms with Gasteiger partial charge in [-0.05, 0) is 38.4 Å². The number of piperidine rings is 1. The van der Waals surface area contributed by atoms with Crippen LogP contribution in [0.15, 0.2) is 22.7 Å². The Labute approximate surface area is 146 Å². The number of benzene rings is 1. The van der Waals surface area contributed by atoms with Gasteiger partial charge in [-0.3, -0.25) is 4.79 Å². The lowest BCUT2D eigenvalue weighted by atomic mass is 10.1. The summed E-state index contributed by atoms with van der Waals surface area (Å²) in [5.41, 5.74) is 1.14. The Bertz CT molecular complexity index is 746. The fourth-order valence-electron chi connectivity index (χ4n) is 3.02. The first kappa shape index (κ1) is 17.5. The number of hydrogen-bond donors (Lipinski definition) is 1. The lowest BCUT2D eigenvalue weighted by molar-refractivity contribution is -0.132. The number of halogens is 1. The molecule has 3 rings (SSSR count). The van der Waals surface area contributed by atoms with E-state index in [-0.39, 0.29) is 11.7 Å². The number of carbonyl (C=O) groups is 1. The van der Waals surface area contributed by atoms with E-state index in [0.717, 1.165) is 25.9 Å². The summed E-state index contributed by atoms with van der Waals surface area (Å²) < 4.78 is 18.9. The lowest BCUT2D eigenvalue weighted by Gasteiger charge is -2.32. The van der Waals surface area contributed by atoms with Gasteiger partial charge in [0.15, 0.2) is 0 Å². The molecule has 0 bridgehead atoms. The van der Waals surface area contributed by atoms with Crippen molar-refractivity contribution >= 4 is 5.91 Å². The fourth-order valence-corrected chi connectivity index (χ4v) is 3.02. The number of carbonyl (C=O) groups excluding carboxylic acids is 1. The summed E-state index contributed by atoms with van der Waals surface area (Å²) in [7, 11) is 1.92. The Balaban J connectivity index is 1.58. The molecule has 1 N–H and O–H groups in total. The van der Waals surface area contributed by atoms with Crippen LogP contribution in [0.3, 0.4) is 0 Å². The van der Waals surface area contributed by atoms with Gasteiger partial charge >= 0.3 is 0 Å². The Morgan fingerprint density at radius 2 is 2.32 bits per heavy atom. The van der Waals surface area contributed by atoms with E-state index in [1.54, 1.807) is 19.1 Å². The van der Waals surface area contributed by atoms with Gasteiger partial charge in [0.05, 0.1) is 0 Å². The van der Waals surface area contributed by atoms with Gasteiger partial charge in [-0.15, -0.1) is 0 Å². The predicted molar refractivity (Wildman–Crippen MR) is 91.4 cm³/mol. The number of rotatable bonds is 5. The third-order valence-corrected chi connectivity index (χ3v) is 4.63. The van der Waals surface area contributed by atoms with Gasteiger partial charge < -0.3 is 14.7 Å². The molecular weight excluding hydrogens is 323 g/mol. The van der Waals surface area contributed by atoms with Crippen LogP contribution in [0.1, 0.15) is 30.7 Å². The zero-order valence-electron chi connectivity index (χ0n) is 14.6. The number of likely N-dealkylation sites (N-methyl/N-ethyl adjacent to an activating group) is 1. The number of likely N-dealkylation sites (tertiary alicyclic amines) is 1. The van der Waals surface area contributed by atoms with E-state index in [0.29, 0.717) is 41.7 Å². The average Bonchev–Trinajstić information content (AvgIpc) is 3.11. The highest BCUT2D eigenvalue weighted by molar-refractivity contribution is 5.76. The summed E-state index contributed by atoms with van der Waals surface area (Å²) in [5.74, 6) is 0.533. The van der Waals surface area contributed by atoms with Crippen LogP contribution in [0, 0.1) is 12.7 Å². The Hall–Kier alpha value is -2.28. The Morgan fingerprint density at radius 1 is 1.48 bits per heavy atom. The molecule has 2 heterocycles. The van der Waals surface area contributed by atoms with Crippen LogP contribution in [0.5, 0.6) is 0 Å². The van der Waals surface area contributed by atoms with Gasteiger partial charge in [0.25, 0.3) is 0 Å². The van der Waals surface area contributed by atoms with Gasteiger partial charge in [-0.1, -0.05) is 17.3 Å². The molecule has 6 nitrogen and oxygen atoms in total. The van der Waals surface area contributed by atoms with Crippen LogP contribution < -0.4 is 5.32 Å². The molecule has 1 atom stereocenters. The molecule has 1 aliphatic rings. The van der Waals surface area contributed by atoms with E-state index >= 15 is 0 Å². The minimum Gasteiger partial charge on any atom is -0.341 e. The number of nitrogens with one attached hydrogen (secondary N) is 1. The van der Waals surface area contributed by atoms with Crippen molar-refractivity contribution in [2.75, 3.05) is 20.1 Å². The maximum absolute atomic E-state index is 13.7. The summed E-state index contributed by atoms with van der Waals surface area (Å²) in [5, 5.41) is 7.11. The third-order valence-electron chi connectivity index (χ3n) is 4.63. The first-order valence-electron chi connectivity index (χ1n) is 8.61. The number of nitrogens with zero attached hydrogens (tertiary/aromatic N) is 3. The molecule has 0 spiro atoms. The maximum atomic E-state index is 13.7. The zero-order valence-corrected chi connectivity index (χ0v) is 14.6. The van der Waals surface area contributed by atoms with E-state index in [9.17, 15) is 9.18 Å². The van der Waals surface area contributed by atoms with Crippen molar-refractivity contribution in [2.24, 2.45) is 0 Å². The van der Waals surface area contributed by atoms with Crippen LogP contribution in [0.25, 0.3) is 11.4 Å². The maximum Gasteiger partial charge on any atom is 0.227 e. The molecule has 25 heavy (non-hydrogen) atoms. The lowest BCUT2D eigenvalue weighted by Crippen LogP contribution is -2.47. The highest BCUT2D eigenvalue weighted by Gasteiger charge is 2.22. The molecular formula is C18H23FN4O2. The minimum absolute atomic E-state index is 0.0982. The third kappa shape index (κ3) is 4.22. The van der Waals surface area contributed by atoms with Crippen LogP contribution in [-0.4, -0.2) is 47.1 Å². The van der Waals surface area contributed by atoms with Crippen LogP contribution in [0.4, 0.5) is 4.39 Å². The quantitative estimate of drug-likeness (QED) is 0.900. The molecule has 1 aromatic heterocycles. The number of aromatic nitrogens is 2. The van der Waals surface area contributed by atoms with Crippen molar-refractivity contribution in [1.82, 2.24) is 20.4 Å².